The Morgan fingerprint density at radius 2 is 2.08 bits per heavy atom. The van der Waals surface area contributed by atoms with E-state index in [1.807, 2.05) is 0 Å². The van der Waals surface area contributed by atoms with Gasteiger partial charge >= 0.3 is 0 Å². The highest BCUT2D eigenvalue weighted by Crippen LogP contribution is 2.21. The zero-order chi connectivity index (χ0) is 9.14. The average Bonchev–Trinajstić information content (AvgIpc) is 2.03. The van der Waals surface area contributed by atoms with Gasteiger partial charge in [-0.05, 0) is 24.6 Å². The standard InChI is InChI=1S/C9H10F2O/c1-6(12)9(11)7-3-2-4-8(10)5-7/h2-6,9,12H,1H3. The third kappa shape index (κ3) is 2.01. The van der Waals surface area contributed by atoms with Crippen molar-refractivity contribution in [3.8, 4) is 0 Å². The van der Waals surface area contributed by atoms with Crippen LogP contribution in [0.3, 0.4) is 0 Å². The molecule has 1 aromatic carbocycles. The molecule has 3 heteroatoms. The van der Waals surface area contributed by atoms with Crippen molar-refractivity contribution in [1.82, 2.24) is 0 Å². The molecule has 0 bridgehead atoms. The van der Waals surface area contributed by atoms with Crippen LogP contribution in [0.15, 0.2) is 24.3 Å². The van der Waals surface area contributed by atoms with Crippen LogP contribution in [0.4, 0.5) is 8.78 Å². The lowest BCUT2D eigenvalue weighted by molar-refractivity contribution is 0.0931. The summed E-state index contributed by atoms with van der Waals surface area (Å²) in [7, 11) is 0. The Bertz CT molecular complexity index is 260. The first-order chi connectivity index (χ1) is 5.61. The predicted molar refractivity (Wildman–Crippen MR) is 41.9 cm³/mol. The number of aliphatic hydroxyl groups excluding tert-OH is 1. The van der Waals surface area contributed by atoms with Crippen molar-refractivity contribution in [2.75, 3.05) is 0 Å². The van der Waals surface area contributed by atoms with Crippen molar-refractivity contribution in [3.05, 3.63) is 35.6 Å². The van der Waals surface area contributed by atoms with Crippen molar-refractivity contribution < 1.29 is 13.9 Å². The van der Waals surface area contributed by atoms with Crippen molar-refractivity contribution in [2.24, 2.45) is 0 Å². The average molecular weight is 172 g/mol. The second-order valence-electron chi connectivity index (χ2n) is 2.70. The van der Waals surface area contributed by atoms with Gasteiger partial charge in [-0.25, -0.2) is 8.78 Å². The maximum atomic E-state index is 13.0. The van der Waals surface area contributed by atoms with E-state index >= 15 is 0 Å². The fraction of sp³-hybridized carbons (Fsp3) is 0.333. The van der Waals surface area contributed by atoms with Crippen molar-refractivity contribution in [2.45, 2.75) is 19.2 Å². The van der Waals surface area contributed by atoms with E-state index in [-0.39, 0.29) is 5.56 Å². The molecule has 1 aromatic rings. The van der Waals surface area contributed by atoms with Gasteiger partial charge in [0.15, 0.2) is 6.17 Å². The van der Waals surface area contributed by atoms with Crippen LogP contribution in [0.25, 0.3) is 0 Å². The summed E-state index contributed by atoms with van der Waals surface area (Å²) in [6.07, 6.45) is -2.62. The van der Waals surface area contributed by atoms with Crippen LogP contribution in [0.1, 0.15) is 18.7 Å². The molecule has 12 heavy (non-hydrogen) atoms. The molecular formula is C9H10F2O. The number of benzene rings is 1. The summed E-state index contributed by atoms with van der Waals surface area (Å²) in [5.41, 5.74) is 0.171. The van der Waals surface area contributed by atoms with Gasteiger partial charge in [0.05, 0.1) is 6.10 Å². The first-order valence-electron chi connectivity index (χ1n) is 3.69. The normalized spacial score (nSPS) is 15.7. The molecule has 1 rings (SSSR count). The third-order valence-electron chi connectivity index (χ3n) is 1.59. The van der Waals surface area contributed by atoms with Gasteiger partial charge in [0.2, 0.25) is 0 Å². The highest BCUT2D eigenvalue weighted by molar-refractivity contribution is 5.19. The van der Waals surface area contributed by atoms with Crippen LogP contribution in [-0.2, 0) is 0 Å². The minimum Gasteiger partial charge on any atom is -0.390 e. The molecule has 0 saturated carbocycles. The number of alkyl halides is 1. The van der Waals surface area contributed by atoms with Crippen molar-refractivity contribution in [3.63, 3.8) is 0 Å². The summed E-state index contributed by atoms with van der Waals surface area (Å²) in [5, 5.41) is 8.87. The number of aliphatic hydroxyl groups is 1. The third-order valence-corrected chi connectivity index (χ3v) is 1.59. The molecule has 1 nitrogen and oxygen atoms in total. The van der Waals surface area contributed by atoms with Crippen LogP contribution in [-0.4, -0.2) is 11.2 Å². The van der Waals surface area contributed by atoms with Gasteiger partial charge in [-0.15, -0.1) is 0 Å². The van der Waals surface area contributed by atoms with Crippen molar-refractivity contribution >= 4 is 0 Å². The molecule has 66 valence electrons. The molecule has 0 aromatic heterocycles. The lowest BCUT2D eigenvalue weighted by Gasteiger charge is -2.10. The van der Waals surface area contributed by atoms with Crippen molar-refractivity contribution in [1.29, 1.82) is 0 Å². The number of halogens is 2. The Balaban J connectivity index is 2.88. The largest absolute Gasteiger partial charge is 0.390 e. The quantitative estimate of drug-likeness (QED) is 0.725. The monoisotopic (exact) mass is 172 g/mol. The van der Waals surface area contributed by atoms with Gasteiger partial charge in [-0.1, -0.05) is 12.1 Å². The second kappa shape index (κ2) is 3.63. The predicted octanol–water partition coefficient (Wildman–Crippen LogP) is 2.22. The lowest BCUT2D eigenvalue weighted by atomic mass is 10.1. The smallest absolute Gasteiger partial charge is 0.151 e. The van der Waals surface area contributed by atoms with E-state index in [1.54, 1.807) is 0 Å². The summed E-state index contributed by atoms with van der Waals surface area (Å²) in [6.45, 7) is 1.33. The van der Waals surface area contributed by atoms with Crippen LogP contribution < -0.4 is 0 Å². The molecule has 0 heterocycles. The molecule has 0 saturated heterocycles. The van der Waals surface area contributed by atoms with Gasteiger partial charge in [-0.2, -0.15) is 0 Å². The molecule has 0 aliphatic heterocycles. The highest BCUT2D eigenvalue weighted by atomic mass is 19.1. The fourth-order valence-corrected chi connectivity index (χ4v) is 0.957. The van der Waals surface area contributed by atoms with Gasteiger partial charge < -0.3 is 5.11 Å². The first-order valence-corrected chi connectivity index (χ1v) is 3.69. The van der Waals surface area contributed by atoms with Crippen LogP contribution in [0.2, 0.25) is 0 Å². The van der Waals surface area contributed by atoms with Gasteiger partial charge in [0, 0.05) is 0 Å². The maximum absolute atomic E-state index is 13.0. The lowest BCUT2D eigenvalue weighted by Crippen LogP contribution is -2.09. The Morgan fingerprint density at radius 3 is 2.58 bits per heavy atom. The maximum Gasteiger partial charge on any atom is 0.151 e. The van der Waals surface area contributed by atoms with Crippen LogP contribution >= 0.6 is 0 Å². The molecular weight excluding hydrogens is 162 g/mol. The second-order valence-corrected chi connectivity index (χ2v) is 2.70. The Hall–Kier alpha value is -0.960. The van der Waals surface area contributed by atoms with Gasteiger partial charge in [-0.3, -0.25) is 0 Å². The van der Waals surface area contributed by atoms with Crippen LogP contribution in [0, 0.1) is 5.82 Å². The summed E-state index contributed by atoms with van der Waals surface area (Å²) >= 11 is 0. The van der Waals surface area contributed by atoms with E-state index in [1.165, 1.54) is 25.1 Å². The van der Waals surface area contributed by atoms with E-state index in [4.69, 9.17) is 5.11 Å². The number of hydrogen-bond donors (Lipinski definition) is 1. The number of hydrogen-bond acceptors (Lipinski definition) is 1. The van der Waals surface area contributed by atoms with E-state index in [2.05, 4.69) is 0 Å². The van der Waals surface area contributed by atoms with Crippen LogP contribution in [0.5, 0.6) is 0 Å². The summed E-state index contributed by atoms with van der Waals surface area (Å²) in [4.78, 5) is 0. The molecule has 0 aliphatic rings. The fourth-order valence-electron chi connectivity index (χ4n) is 0.957. The molecule has 0 amide bonds. The Morgan fingerprint density at radius 1 is 1.42 bits per heavy atom. The Labute approximate surface area is 69.7 Å². The highest BCUT2D eigenvalue weighted by Gasteiger charge is 2.15. The molecule has 0 radical (unpaired) electrons. The molecule has 2 unspecified atom stereocenters. The van der Waals surface area contributed by atoms with E-state index in [9.17, 15) is 8.78 Å². The zero-order valence-electron chi connectivity index (χ0n) is 6.67. The van der Waals surface area contributed by atoms with Gasteiger partial charge in [0.1, 0.15) is 5.82 Å². The summed E-state index contributed by atoms with van der Waals surface area (Å²) in [5.74, 6) is -0.490. The topological polar surface area (TPSA) is 20.2 Å². The first kappa shape index (κ1) is 9.13. The van der Waals surface area contributed by atoms with E-state index in [0.29, 0.717) is 0 Å². The SMILES string of the molecule is CC(O)C(F)c1cccc(F)c1. The summed E-state index contributed by atoms with van der Waals surface area (Å²) in [6, 6.07) is 5.18. The molecule has 1 N–H and O–H groups in total. The van der Waals surface area contributed by atoms with E-state index < -0.39 is 18.1 Å². The molecule has 0 aliphatic carbocycles. The van der Waals surface area contributed by atoms with E-state index in [0.717, 1.165) is 6.07 Å². The summed E-state index contributed by atoms with van der Waals surface area (Å²) < 4.78 is 25.6. The van der Waals surface area contributed by atoms with Gasteiger partial charge in [0.25, 0.3) is 0 Å². The minimum atomic E-state index is -1.51. The Kier molecular flexibility index (Phi) is 2.76. The molecule has 0 fully saturated rings. The minimum absolute atomic E-state index is 0.171. The molecule has 0 spiro atoms. The molecule has 2 atom stereocenters. The number of rotatable bonds is 2. The zero-order valence-corrected chi connectivity index (χ0v) is 6.67.